The molecule has 1 heterocycles. The lowest BCUT2D eigenvalue weighted by molar-refractivity contribution is 0.170. The smallest absolute Gasteiger partial charge is 0.239 e. The van der Waals surface area contributed by atoms with E-state index in [1.54, 1.807) is 7.11 Å². The zero-order valence-electron chi connectivity index (χ0n) is 9.48. The van der Waals surface area contributed by atoms with Crippen LogP contribution in [-0.4, -0.2) is 41.4 Å². The Balaban J connectivity index is 2.76. The monoisotopic (exact) mass is 261 g/mol. The summed E-state index contributed by atoms with van der Waals surface area (Å²) in [7, 11) is 1.58. The van der Waals surface area contributed by atoms with E-state index in [4.69, 9.17) is 27.3 Å². The van der Waals surface area contributed by atoms with Crippen molar-refractivity contribution in [2.75, 3.05) is 31.1 Å². The first kappa shape index (κ1) is 13.9. The highest BCUT2D eigenvalue weighted by Crippen LogP contribution is 2.20. The number of rotatable bonds is 7. The summed E-state index contributed by atoms with van der Waals surface area (Å²) in [5.41, 5.74) is 2.33. The van der Waals surface area contributed by atoms with Gasteiger partial charge in [-0.15, -0.1) is 0 Å². The van der Waals surface area contributed by atoms with E-state index < -0.39 is 0 Å². The second-order valence-electron chi connectivity index (χ2n) is 3.34. The second kappa shape index (κ2) is 7.23. The van der Waals surface area contributed by atoms with E-state index in [9.17, 15) is 0 Å². The van der Waals surface area contributed by atoms with E-state index in [2.05, 4.69) is 20.7 Å². The maximum atomic E-state index is 8.92. The Morgan fingerprint density at radius 1 is 1.65 bits per heavy atom. The summed E-state index contributed by atoms with van der Waals surface area (Å²) >= 11 is 5.94. The Morgan fingerprint density at radius 2 is 2.41 bits per heavy atom. The molecular formula is C9H16ClN5O2. The van der Waals surface area contributed by atoms with E-state index in [0.717, 1.165) is 0 Å². The number of aliphatic hydroxyl groups is 1. The van der Waals surface area contributed by atoms with E-state index in [1.807, 2.05) is 0 Å². The van der Waals surface area contributed by atoms with Crippen LogP contribution in [-0.2, 0) is 4.74 Å². The first-order valence-corrected chi connectivity index (χ1v) is 5.44. The van der Waals surface area contributed by atoms with Gasteiger partial charge in [-0.2, -0.15) is 4.98 Å². The van der Waals surface area contributed by atoms with Gasteiger partial charge < -0.3 is 15.2 Å². The lowest BCUT2D eigenvalue weighted by Gasteiger charge is -2.18. The molecule has 0 bridgehead atoms. The molecule has 1 aromatic rings. The SMILES string of the molecule is COCC(CCO)Nc1nc(NN)ncc1Cl. The van der Waals surface area contributed by atoms with Crippen LogP contribution < -0.4 is 16.6 Å². The fraction of sp³-hybridized carbons (Fsp3) is 0.556. The van der Waals surface area contributed by atoms with Crippen molar-refractivity contribution in [1.82, 2.24) is 9.97 Å². The minimum Gasteiger partial charge on any atom is -0.396 e. The number of nitrogens with zero attached hydrogens (tertiary/aromatic N) is 2. The Bertz CT molecular complexity index is 346. The summed E-state index contributed by atoms with van der Waals surface area (Å²) in [5, 5.41) is 12.4. The Labute approximate surface area is 104 Å². The summed E-state index contributed by atoms with van der Waals surface area (Å²) in [6.07, 6.45) is 1.97. The molecule has 17 heavy (non-hydrogen) atoms. The second-order valence-corrected chi connectivity index (χ2v) is 3.75. The van der Waals surface area contributed by atoms with Crippen molar-refractivity contribution in [3.05, 3.63) is 11.2 Å². The maximum Gasteiger partial charge on any atom is 0.239 e. The van der Waals surface area contributed by atoms with Crippen LogP contribution >= 0.6 is 11.6 Å². The number of ether oxygens (including phenoxy) is 1. The van der Waals surface area contributed by atoms with Crippen LogP contribution in [0.5, 0.6) is 0 Å². The summed E-state index contributed by atoms with van der Waals surface area (Å²) in [4.78, 5) is 7.92. The van der Waals surface area contributed by atoms with Gasteiger partial charge in [0, 0.05) is 13.7 Å². The number of aliphatic hydroxyl groups excluding tert-OH is 1. The predicted octanol–water partition coefficient (Wildman–Crippen LogP) is 0.225. The predicted molar refractivity (Wildman–Crippen MR) is 65.8 cm³/mol. The van der Waals surface area contributed by atoms with Gasteiger partial charge in [0.25, 0.3) is 0 Å². The molecular weight excluding hydrogens is 246 g/mol. The van der Waals surface area contributed by atoms with Crippen molar-refractivity contribution in [3.63, 3.8) is 0 Å². The topological polar surface area (TPSA) is 105 Å². The fourth-order valence-electron chi connectivity index (χ4n) is 1.29. The maximum absolute atomic E-state index is 8.92. The molecule has 5 N–H and O–H groups in total. The Hall–Kier alpha value is -1.15. The summed E-state index contributed by atoms with van der Waals surface area (Å²) in [6.45, 7) is 0.484. The number of hydrazine groups is 1. The number of methoxy groups -OCH3 is 1. The molecule has 8 heteroatoms. The standard InChI is InChI=1S/C9H16ClN5O2/c1-17-5-6(2-3-16)13-8-7(10)4-12-9(14-8)15-11/h4,6,16H,2-3,5,11H2,1H3,(H2,12,13,14,15). The van der Waals surface area contributed by atoms with E-state index >= 15 is 0 Å². The van der Waals surface area contributed by atoms with Gasteiger partial charge in [-0.05, 0) is 6.42 Å². The number of anilines is 2. The molecule has 1 atom stereocenters. The van der Waals surface area contributed by atoms with Gasteiger partial charge in [-0.3, -0.25) is 5.43 Å². The van der Waals surface area contributed by atoms with Crippen LogP contribution in [0.15, 0.2) is 6.20 Å². The van der Waals surface area contributed by atoms with Gasteiger partial charge in [0.1, 0.15) is 5.02 Å². The third-order valence-electron chi connectivity index (χ3n) is 2.06. The molecule has 1 aromatic heterocycles. The first-order valence-electron chi connectivity index (χ1n) is 5.06. The van der Waals surface area contributed by atoms with Gasteiger partial charge in [0.05, 0.1) is 18.8 Å². The molecule has 0 spiro atoms. The van der Waals surface area contributed by atoms with Gasteiger partial charge in [0.2, 0.25) is 5.95 Å². The van der Waals surface area contributed by atoms with Gasteiger partial charge in [-0.25, -0.2) is 10.8 Å². The largest absolute Gasteiger partial charge is 0.396 e. The minimum atomic E-state index is -0.0805. The molecule has 96 valence electrons. The van der Waals surface area contributed by atoms with Crippen molar-refractivity contribution in [1.29, 1.82) is 0 Å². The van der Waals surface area contributed by atoms with E-state index in [0.29, 0.717) is 23.9 Å². The average Bonchev–Trinajstić information content (AvgIpc) is 2.32. The number of hydrogen-bond donors (Lipinski definition) is 4. The highest BCUT2D eigenvalue weighted by Gasteiger charge is 2.12. The molecule has 0 aliphatic rings. The minimum absolute atomic E-state index is 0.0473. The molecule has 0 radical (unpaired) electrons. The highest BCUT2D eigenvalue weighted by atomic mass is 35.5. The number of nitrogens with one attached hydrogen (secondary N) is 2. The number of nitrogen functional groups attached to an aromatic ring is 1. The normalized spacial score (nSPS) is 12.2. The van der Waals surface area contributed by atoms with Crippen molar-refractivity contribution >= 4 is 23.4 Å². The molecule has 7 nitrogen and oxygen atoms in total. The van der Waals surface area contributed by atoms with Gasteiger partial charge in [-0.1, -0.05) is 11.6 Å². The Kier molecular flexibility index (Phi) is 5.92. The molecule has 1 rings (SSSR count). The zero-order valence-corrected chi connectivity index (χ0v) is 10.2. The molecule has 0 amide bonds. The average molecular weight is 262 g/mol. The fourth-order valence-corrected chi connectivity index (χ4v) is 1.43. The van der Waals surface area contributed by atoms with E-state index in [1.165, 1.54) is 6.20 Å². The lowest BCUT2D eigenvalue weighted by Crippen LogP contribution is -2.27. The number of aromatic nitrogens is 2. The Morgan fingerprint density at radius 3 is 3.00 bits per heavy atom. The first-order chi connectivity index (χ1) is 8.21. The molecule has 0 aliphatic heterocycles. The van der Waals surface area contributed by atoms with Gasteiger partial charge >= 0.3 is 0 Å². The third-order valence-corrected chi connectivity index (χ3v) is 2.34. The summed E-state index contributed by atoms with van der Waals surface area (Å²) < 4.78 is 5.02. The molecule has 0 fully saturated rings. The van der Waals surface area contributed by atoms with Crippen LogP contribution in [0.4, 0.5) is 11.8 Å². The van der Waals surface area contributed by atoms with Crippen LogP contribution in [0.1, 0.15) is 6.42 Å². The van der Waals surface area contributed by atoms with Crippen LogP contribution in [0.2, 0.25) is 5.02 Å². The lowest BCUT2D eigenvalue weighted by atomic mass is 10.2. The quantitative estimate of drug-likeness (QED) is 0.411. The van der Waals surface area contributed by atoms with Crippen LogP contribution in [0, 0.1) is 0 Å². The van der Waals surface area contributed by atoms with Crippen LogP contribution in [0.3, 0.4) is 0 Å². The van der Waals surface area contributed by atoms with Crippen molar-refractivity contribution < 1.29 is 9.84 Å². The molecule has 1 unspecified atom stereocenters. The van der Waals surface area contributed by atoms with Gasteiger partial charge in [0.15, 0.2) is 5.82 Å². The molecule has 0 saturated heterocycles. The molecule has 0 aromatic carbocycles. The molecule has 0 saturated carbocycles. The third kappa shape index (κ3) is 4.31. The number of hydrogen-bond acceptors (Lipinski definition) is 7. The zero-order chi connectivity index (χ0) is 12.7. The van der Waals surface area contributed by atoms with Crippen LogP contribution in [0.25, 0.3) is 0 Å². The van der Waals surface area contributed by atoms with Crippen molar-refractivity contribution in [3.8, 4) is 0 Å². The molecule has 0 aliphatic carbocycles. The number of nitrogens with two attached hydrogens (primary N) is 1. The summed E-state index contributed by atoms with van der Waals surface area (Å²) in [6, 6.07) is -0.0805. The van der Waals surface area contributed by atoms with Crippen molar-refractivity contribution in [2.24, 2.45) is 5.84 Å². The highest BCUT2D eigenvalue weighted by molar-refractivity contribution is 6.32. The van der Waals surface area contributed by atoms with Crippen molar-refractivity contribution in [2.45, 2.75) is 12.5 Å². The van der Waals surface area contributed by atoms with E-state index in [-0.39, 0.29) is 18.6 Å². The summed E-state index contributed by atoms with van der Waals surface area (Å²) in [5.74, 6) is 5.92. The number of halogens is 1.